The van der Waals surface area contributed by atoms with Crippen molar-refractivity contribution in [2.24, 2.45) is 11.8 Å². The van der Waals surface area contributed by atoms with Crippen molar-refractivity contribution in [3.8, 4) is 0 Å². The average molecular weight is 365 g/mol. The van der Waals surface area contributed by atoms with Crippen LogP contribution in [0, 0.1) is 18.8 Å². The number of nitrogens with zero attached hydrogens (tertiary/aromatic N) is 1. The maximum absolute atomic E-state index is 12.3. The van der Waals surface area contributed by atoms with Gasteiger partial charge in [-0.3, -0.25) is 9.59 Å². The average Bonchev–Trinajstić information content (AvgIpc) is 3.25. The van der Waals surface area contributed by atoms with Crippen LogP contribution in [-0.2, 0) is 9.59 Å². The number of nitrogens with one attached hydrogen (secondary N) is 1. The number of halogens is 1. The number of carbonyl (C=O) groups is 2. The van der Waals surface area contributed by atoms with Gasteiger partial charge in [0, 0.05) is 29.2 Å². The van der Waals surface area contributed by atoms with Crippen molar-refractivity contribution in [2.45, 2.75) is 39.2 Å². The first-order chi connectivity index (χ1) is 10.5. The molecule has 2 fully saturated rings. The van der Waals surface area contributed by atoms with E-state index in [0.717, 1.165) is 15.7 Å². The highest BCUT2D eigenvalue weighted by Gasteiger charge is 2.37. The van der Waals surface area contributed by atoms with E-state index < -0.39 is 0 Å². The summed E-state index contributed by atoms with van der Waals surface area (Å²) < 4.78 is 1.02. The minimum atomic E-state index is -0.238. The first-order valence-electron chi connectivity index (χ1n) is 7.82. The second-order valence-corrected chi connectivity index (χ2v) is 7.33. The maximum Gasteiger partial charge on any atom is 0.227 e. The van der Waals surface area contributed by atoms with Gasteiger partial charge < -0.3 is 10.2 Å². The lowest BCUT2D eigenvalue weighted by Crippen LogP contribution is -2.39. The van der Waals surface area contributed by atoms with E-state index in [1.165, 1.54) is 12.8 Å². The van der Waals surface area contributed by atoms with Crippen molar-refractivity contribution in [2.75, 3.05) is 11.4 Å². The number of rotatable bonds is 4. The largest absolute Gasteiger partial charge is 0.353 e. The standard InChI is InChI=1S/C17H21BrN2O2/c1-10-7-14(5-6-15(10)18)20-9-13(8-16(20)21)17(22)19-11(2)12-3-4-12/h5-7,11-13H,3-4,8-9H2,1-2H3,(H,19,22). The van der Waals surface area contributed by atoms with Gasteiger partial charge in [-0.05, 0) is 56.4 Å². The predicted molar refractivity (Wildman–Crippen MR) is 89.7 cm³/mol. The van der Waals surface area contributed by atoms with E-state index in [1.807, 2.05) is 25.1 Å². The van der Waals surface area contributed by atoms with Gasteiger partial charge >= 0.3 is 0 Å². The van der Waals surface area contributed by atoms with Crippen LogP contribution >= 0.6 is 15.9 Å². The van der Waals surface area contributed by atoms with Crippen LogP contribution in [0.2, 0.25) is 0 Å². The normalized spacial score (nSPS) is 22.8. The Morgan fingerprint density at radius 1 is 1.41 bits per heavy atom. The van der Waals surface area contributed by atoms with Gasteiger partial charge in [-0.25, -0.2) is 0 Å². The molecule has 2 amide bonds. The molecule has 0 aromatic heterocycles. The second kappa shape index (κ2) is 6.03. The lowest BCUT2D eigenvalue weighted by molar-refractivity contribution is -0.126. The van der Waals surface area contributed by atoms with Crippen LogP contribution in [-0.4, -0.2) is 24.4 Å². The molecule has 1 aliphatic carbocycles. The van der Waals surface area contributed by atoms with E-state index >= 15 is 0 Å². The van der Waals surface area contributed by atoms with Gasteiger partial charge in [0.2, 0.25) is 11.8 Å². The highest BCUT2D eigenvalue weighted by molar-refractivity contribution is 9.10. The monoisotopic (exact) mass is 364 g/mol. The number of hydrogen-bond donors (Lipinski definition) is 1. The first-order valence-corrected chi connectivity index (χ1v) is 8.62. The van der Waals surface area contributed by atoms with Gasteiger partial charge in [-0.15, -0.1) is 0 Å². The number of amides is 2. The zero-order valence-corrected chi connectivity index (χ0v) is 14.5. The van der Waals surface area contributed by atoms with E-state index in [2.05, 4.69) is 28.2 Å². The zero-order valence-electron chi connectivity index (χ0n) is 12.9. The summed E-state index contributed by atoms with van der Waals surface area (Å²) in [5, 5.41) is 3.07. The Balaban J connectivity index is 1.66. The molecular weight excluding hydrogens is 344 g/mol. The Hall–Kier alpha value is -1.36. The maximum atomic E-state index is 12.3. The quantitative estimate of drug-likeness (QED) is 0.892. The van der Waals surface area contributed by atoms with E-state index in [1.54, 1.807) is 4.90 Å². The zero-order chi connectivity index (χ0) is 15.9. The minimum Gasteiger partial charge on any atom is -0.353 e. The fraction of sp³-hybridized carbons (Fsp3) is 0.529. The summed E-state index contributed by atoms with van der Waals surface area (Å²) in [6.07, 6.45) is 2.71. The molecule has 1 N–H and O–H groups in total. The van der Waals surface area contributed by atoms with Crippen molar-refractivity contribution in [3.05, 3.63) is 28.2 Å². The third kappa shape index (κ3) is 3.19. The summed E-state index contributed by atoms with van der Waals surface area (Å²) >= 11 is 3.47. The summed E-state index contributed by atoms with van der Waals surface area (Å²) in [5.74, 6) is 0.439. The number of hydrogen-bond acceptors (Lipinski definition) is 2. The van der Waals surface area contributed by atoms with Crippen LogP contribution in [0.25, 0.3) is 0 Å². The molecule has 2 unspecified atom stereocenters. The molecule has 5 heteroatoms. The van der Waals surface area contributed by atoms with Crippen LogP contribution in [0.15, 0.2) is 22.7 Å². The fourth-order valence-corrected chi connectivity index (χ4v) is 3.23. The molecule has 1 saturated carbocycles. The van der Waals surface area contributed by atoms with E-state index in [0.29, 0.717) is 18.9 Å². The van der Waals surface area contributed by atoms with Crippen molar-refractivity contribution < 1.29 is 9.59 Å². The van der Waals surface area contributed by atoms with Crippen molar-refractivity contribution >= 4 is 33.4 Å². The highest BCUT2D eigenvalue weighted by atomic mass is 79.9. The van der Waals surface area contributed by atoms with Crippen LogP contribution in [0.3, 0.4) is 0 Å². The molecule has 1 heterocycles. The van der Waals surface area contributed by atoms with Gasteiger partial charge in [0.25, 0.3) is 0 Å². The Bertz CT molecular complexity index is 613. The Morgan fingerprint density at radius 3 is 2.77 bits per heavy atom. The molecule has 2 aliphatic rings. The molecule has 0 bridgehead atoms. The van der Waals surface area contributed by atoms with Crippen LogP contribution < -0.4 is 10.2 Å². The lowest BCUT2D eigenvalue weighted by Gasteiger charge is -2.19. The van der Waals surface area contributed by atoms with E-state index in [4.69, 9.17) is 0 Å². The van der Waals surface area contributed by atoms with Crippen molar-refractivity contribution in [3.63, 3.8) is 0 Å². The third-order valence-electron chi connectivity index (χ3n) is 4.65. The van der Waals surface area contributed by atoms with Crippen LogP contribution in [0.1, 0.15) is 31.7 Å². The summed E-state index contributed by atoms with van der Waals surface area (Å²) in [6.45, 7) is 4.53. The molecule has 3 rings (SSSR count). The molecule has 4 nitrogen and oxygen atoms in total. The summed E-state index contributed by atoms with van der Waals surface area (Å²) in [7, 11) is 0. The molecule has 118 valence electrons. The van der Waals surface area contributed by atoms with Gasteiger partial charge in [0.1, 0.15) is 0 Å². The van der Waals surface area contributed by atoms with Gasteiger partial charge in [-0.2, -0.15) is 0 Å². The van der Waals surface area contributed by atoms with Crippen LogP contribution in [0.5, 0.6) is 0 Å². The molecule has 1 aliphatic heterocycles. The smallest absolute Gasteiger partial charge is 0.227 e. The Morgan fingerprint density at radius 2 is 2.14 bits per heavy atom. The summed E-state index contributed by atoms with van der Waals surface area (Å²) in [6, 6.07) is 6.07. The van der Waals surface area contributed by atoms with Crippen LogP contribution in [0.4, 0.5) is 5.69 Å². The SMILES string of the molecule is Cc1cc(N2CC(C(=O)NC(C)C3CC3)CC2=O)ccc1Br. The second-order valence-electron chi connectivity index (χ2n) is 6.47. The molecule has 1 aromatic carbocycles. The molecule has 0 radical (unpaired) electrons. The fourth-order valence-electron chi connectivity index (χ4n) is 2.99. The summed E-state index contributed by atoms with van der Waals surface area (Å²) in [5.41, 5.74) is 1.96. The molecule has 0 spiro atoms. The van der Waals surface area contributed by atoms with Gasteiger partial charge in [0.05, 0.1) is 5.92 Å². The van der Waals surface area contributed by atoms with Crippen molar-refractivity contribution in [1.29, 1.82) is 0 Å². The summed E-state index contributed by atoms with van der Waals surface area (Å²) in [4.78, 5) is 26.3. The molecule has 1 aromatic rings. The minimum absolute atomic E-state index is 0.0177. The predicted octanol–water partition coefficient (Wildman–Crippen LogP) is 3.03. The van der Waals surface area contributed by atoms with Gasteiger partial charge in [0.15, 0.2) is 0 Å². The number of aryl methyl sites for hydroxylation is 1. The molecule has 22 heavy (non-hydrogen) atoms. The lowest BCUT2D eigenvalue weighted by atomic mass is 10.1. The molecule has 2 atom stereocenters. The topological polar surface area (TPSA) is 49.4 Å². The number of carbonyl (C=O) groups excluding carboxylic acids is 2. The molecular formula is C17H21BrN2O2. The Kier molecular flexibility index (Phi) is 4.26. The van der Waals surface area contributed by atoms with Crippen molar-refractivity contribution in [1.82, 2.24) is 5.32 Å². The Labute approximate surface area is 139 Å². The van der Waals surface area contributed by atoms with E-state index in [-0.39, 0.29) is 23.8 Å². The number of anilines is 1. The molecule has 1 saturated heterocycles. The first kappa shape index (κ1) is 15.5. The van der Waals surface area contributed by atoms with E-state index in [9.17, 15) is 9.59 Å². The highest BCUT2D eigenvalue weighted by Crippen LogP contribution is 2.33. The number of benzene rings is 1. The van der Waals surface area contributed by atoms with Gasteiger partial charge in [-0.1, -0.05) is 15.9 Å². The third-order valence-corrected chi connectivity index (χ3v) is 5.54.